The number of rotatable bonds is 6. The van der Waals surface area contributed by atoms with Gasteiger partial charge in [-0.3, -0.25) is 4.79 Å². The average Bonchev–Trinajstić information content (AvgIpc) is 2.31. The summed E-state index contributed by atoms with van der Waals surface area (Å²) in [6.07, 6.45) is 0. The fraction of sp³-hybridized carbons (Fsp3) is 0.364. The van der Waals surface area contributed by atoms with E-state index >= 15 is 0 Å². The summed E-state index contributed by atoms with van der Waals surface area (Å²) in [5.74, 6) is 0.0588. The van der Waals surface area contributed by atoms with Gasteiger partial charge >= 0.3 is 8.60 Å². The smallest absolute Gasteiger partial charge is 0.316 e. The summed E-state index contributed by atoms with van der Waals surface area (Å²) in [5.41, 5.74) is 1.68. The van der Waals surface area contributed by atoms with E-state index in [1.807, 2.05) is 12.1 Å². The molecule has 0 aliphatic rings. The minimum absolute atomic E-state index is 0.0588. The minimum Gasteiger partial charge on any atom is -0.316 e. The summed E-state index contributed by atoms with van der Waals surface area (Å²) < 4.78 is 15.3. The SMILES string of the molecule is COP(OC)OCc1ccc(C(C)=O)cc1. The molecule has 1 aromatic rings. The standard InChI is InChI=1S/C11H15O4P/c1-9(12)11-6-4-10(5-7-11)8-15-16(13-2)14-3/h4-7H,8H2,1-3H3. The van der Waals surface area contributed by atoms with E-state index < -0.39 is 8.60 Å². The molecule has 0 N–H and O–H groups in total. The zero-order chi connectivity index (χ0) is 12.0. The van der Waals surface area contributed by atoms with Crippen molar-refractivity contribution in [2.75, 3.05) is 14.2 Å². The molecule has 0 saturated carbocycles. The van der Waals surface area contributed by atoms with Gasteiger partial charge in [0.1, 0.15) is 0 Å². The topological polar surface area (TPSA) is 44.8 Å². The molecule has 0 fully saturated rings. The first-order valence-corrected chi connectivity index (χ1v) is 5.88. The average molecular weight is 242 g/mol. The highest BCUT2D eigenvalue weighted by atomic mass is 31.2. The maximum atomic E-state index is 11.0. The lowest BCUT2D eigenvalue weighted by Crippen LogP contribution is -1.94. The molecule has 0 spiro atoms. The highest BCUT2D eigenvalue weighted by Crippen LogP contribution is 2.38. The Morgan fingerprint density at radius 2 is 1.75 bits per heavy atom. The predicted octanol–water partition coefficient (Wildman–Crippen LogP) is 2.93. The summed E-state index contributed by atoms with van der Waals surface area (Å²) in [6.45, 7) is 1.95. The van der Waals surface area contributed by atoms with E-state index in [1.165, 1.54) is 14.2 Å². The van der Waals surface area contributed by atoms with Crippen LogP contribution in [0.25, 0.3) is 0 Å². The van der Waals surface area contributed by atoms with Gasteiger partial charge in [0.2, 0.25) is 0 Å². The zero-order valence-corrected chi connectivity index (χ0v) is 10.5. The van der Waals surface area contributed by atoms with Crippen LogP contribution in [0.4, 0.5) is 0 Å². The lowest BCUT2D eigenvalue weighted by molar-refractivity contribution is 0.101. The molecule has 1 rings (SSSR count). The second kappa shape index (κ2) is 6.71. The fourth-order valence-electron chi connectivity index (χ4n) is 1.14. The third-order valence-electron chi connectivity index (χ3n) is 2.00. The van der Waals surface area contributed by atoms with Crippen LogP contribution in [-0.2, 0) is 20.2 Å². The van der Waals surface area contributed by atoms with Crippen molar-refractivity contribution >= 4 is 14.4 Å². The van der Waals surface area contributed by atoms with Crippen LogP contribution < -0.4 is 0 Å². The number of Topliss-reactive ketones (excluding diaryl/α,β-unsaturated/α-hetero) is 1. The Hall–Kier alpha value is -0.800. The zero-order valence-electron chi connectivity index (χ0n) is 9.60. The highest BCUT2D eigenvalue weighted by molar-refractivity contribution is 7.41. The van der Waals surface area contributed by atoms with Crippen LogP contribution in [0.3, 0.4) is 0 Å². The second-order valence-corrected chi connectivity index (χ2v) is 4.55. The van der Waals surface area contributed by atoms with Crippen molar-refractivity contribution in [3.8, 4) is 0 Å². The molecule has 88 valence electrons. The van der Waals surface area contributed by atoms with Crippen molar-refractivity contribution in [3.05, 3.63) is 35.4 Å². The van der Waals surface area contributed by atoms with Crippen LogP contribution in [0, 0.1) is 0 Å². The van der Waals surface area contributed by atoms with Gasteiger partial charge in [-0.1, -0.05) is 24.3 Å². The third-order valence-corrected chi connectivity index (χ3v) is 2.93. The Morgan fingerprint density at radius 1 is 1.19 bits per heavy atom. The quantitative estimate of drug-likeness (QED) is 0.568. The monoisotopic (exact) mass is 242 g/mol. The predicted molar refractivity (Wildman–Crippen MR) is 62.2 cm³/mol. The summed E-state index contributed by atoms with van der Waals surface area (Å²) in [6, 6.07) is 7.27. The first-order valence-electron chi connectivity index (χ1n) is 4.78. The van der Waals surface area contributed by atoms with Gasteiger partial charge in [-0.2, -0.15) is 0 Å². The van der Waals surface area contributed by atoms with E-state index in [1.54, 1.807) is 19.1 Å². The van der Waals surface area contributed by atoms with Crippen LogP contribution in [0.15, 0.2) is 24.3 Å². The molecule has 4 nitrogen and oxygen atoms in total. The van der Waals surface area contributed by atoms with Gasteiger partial charge in [-0.15, -0.1) is 0 Å². The summed E-state index contributed by atoms with van der Waals surface area (Å²) in [5, 5.41) is 0. The molecule has 0 atom stereocenters. The Bertz CT molecular complexity index is 332. The molecule has 0 aliphatic heterocycles. The lowest BCUT2D eigenvalue weighted by Gasteiger charge is -2.11. The second-order valence-electron chi connectivity index (χ2n) is 3.12. The molecule has 0 aromatic heterocycles. The maximum absolute atomic E-state index is 11.0. The third kappa shape index (κ3) is 3.99. The van der Waals surface area contributed by atoms with Gasteiger partial charge in [-0.05, 0) is 12.5 Å². The summed E-state index contributed by atoms with van der Waals surface area (Å²) in [4.78, 5) is 11.0. The van der Waals surface area contributed by atoms with Crippen molar-refractivity contribution < 1.29 is 18.4 Å². The van der Waals surface area contributed by atoms with E-state index in [9.17, 15) is 4.79 Å². The van der Waals surface area contributed by atoms with E-state index in [0.717, 1.165) is 5.56 Å². The maximum Gasteiger partial charge on any atom is 0.332 e. The highest BCUT2D eigenvalue weighted by Gasteiger charge is 2.07. The molecule has 16 heavy (non-hydrogen) atoms. The van der Waals surface area contributed by atoms with E-state index in [-0.39, 0.29) is 5.78 Å². The van der Waals surface area contributed by atoms with Crippen molar-refractivity contribution in [1.82, 2.24) is 0 Å². The van der Waals surface area contributed by atoms with Crippen LogP contribution >= 0.6 is 8.60 Å². The summed E-state index contributed by atoms with van der Waals surface area (Å²) >= 11 is 0. The molecule has 1 aromatic carbocycles. The lowest BCUT2D eigenvalue weighted by atomic mass is 10.1. The van der Waals surface area contributed by atoms with E-state index in [0.29, 0.717) is 12.2 Å². The first-order chi connectivity index (χ1) is 7.67. The van der Waals surface area contributed by atoms with Gasteiger partial charge in [-0.25, -0.2) is 0 Å². The van der Waals surface area contributed by atoms with Crippen LogP contribution in [-0.4, -0.2) is 20.0 Å². The molecular weight excluding hydrogens is 227 g/mol. The van der Waals surface area contributed by atoms with E-state index in [4.69, 9.17) is 13.6 Å². The van der Waals surface area contributed by atoms with Gasteiger partial charge < -0.3 is 13.6 Å². The molecule has 0 heterocycles. The normalized spacial score (nSPS) is 10.8. The summed E-state index contributed by atoms with van der Waals surface area (Å²) in [7, 11) is 1.80. The molecule has 0 radical (unpaired) electrons. The van der Waals surface area contributed by atoms with E-state index in [2.05, 4.69) is 0 Å². The van der Waals surface area contributed by atoms with Crippen molar-refractivity contribution in [2.24, 2.45) is 0 Å². The largest absolute Gasteiger partial charge is 0.332 e. The van der Waals surface area contributed by atoms with Gasteiger partial charge in [0.25, 0.3) is 0 Å². The van der Waals surface area contributed by atoms with Gasteiger partial charge in [0.05, 0.1) is 6.61 Å². The first kappa shape index (κ1) is 13.3. The number of benzene rings is 1. The molecule has 0 bridgehead atoms. The minimum atomic E-state index is -1.27. The molecule has 0 unspecified atom stereocenters. The Labute approximate surface area is 96.5 Å². The van der Waals surface area contributed by atoms with Crippen molar-refractivity contribution in [2.45, 2.75) is 13.5 Å². The number of carbonyl (C=O) groups is 1. The molecule has 0 amide bonds. The van der Waals surface area contributed by atoms with Crippen molar-refractivity contribution in [3.63, 3.8) is 0 Å². The van der Waals surface area contributed by atoms with Crippen molar-refractivity contribution in [1.29, 1.82) is 0 Å². The molecule has 5 heteroatoms. The Balaban J connectivity index is 2.52. The molecular formula is C11H15O4P. The molecule has 0 aliphatic carbocycles. The van der Waals surface area contributed by atoms with Crippen LogP contribution in [0.5, 0.6) is 0 Å². The number of ketones is 1. The Kier molecular flexibility index (Phi) is 5.56. The Morgan fingerprint density at radius 3 is 2.19 bits per heavy atom. The van der Waals surface area contributed by atoms with Crippen LogP contribution in [0.2, 0.25) is 0 Å². The molecule has 0 saturated heterocycles. The number of carbonyl (C=O) groups excluding carboxylic acids is 1. The number of hydrogen-bond acceptors (Lipinski definition) is 4. The number of hydrogen-bond donors (Lipinski definition) is 0. The fourth-order valence-corrected chi connectivity index (χ4v) is 1.76. The van der Waals surface area contributed by atoms with Gasteiger partial charge in [0.15, 0.2) is 5.78 Å². The van der Waals surface area contributed by atoms with Crippen LogP contribution in [0.1, 0.15) is 22.8 Å². The van der Waals surface area contributed by atoms with Gasteiger partial charge in [0, 0.05) is 19.8 Å².